The Balaban J connectivity index is 2.36. The Morgan fingerprint density at radius 1 is 1.46 bits per heavy atom. The first kappa shape index (κ1) is 10.5. The number of carbonyl (C=O) groups excluding carboxylic acids is 1. The van der Waals surface area contributed by atoms with Crippen LogP contribution in [0.2, 0.25) is 0 Å². The van der Waals surface area contributed by atoms with E-state index in [1.165, 1.54) is 0 Å². The lowest BCUT2D eigenvalue weighted by atomic mass is 10.0. The summed E-state index contributed by atoms with van der Waals surface area (Å²) < 4.78 is 5.20. The van der Waals surface area contributed by atoms with Gasteiger partial charge in [0.05, 0.1) is 13.2 Å². The maximum Gasteiger partial charge on any atom is 0.225 e. The molecule has 0 aromatic heterocycles. The molecule has 0 saturated carbocycles. The molecule has 0 aromatic rings. The number of amides is 1. The van der Waals surface area contributed by atoms with Gasteiger partial charge in [-0.25, -0.2) is 0 Å². The Morgan fingerprint density at radius 3 is 2.62 bits per heavy atom. The molecule has 1 rings (SSSR count). The van der Waals surface area contributed by atoms with E-state index in [9.17, 15) is 4.79 Å². The van der Waals surface area contributed by atoms with Crippen LogP contribution in [-0.4, -0.2) is 37.1 Å². The van der Waals surface area contributed by atoms with Gasteiger partial charge < -0.3 is 9.64 Å². The summed E-state index contributed by atoms with van der Waals surface area (Å²) in [6, 6.07) is 0. The van der Waals surface area contributed by atoms with E-state index in [2.05, 4.69) is 6.92 Å². The summed E-state index contributed by atoms with van der Waals surface area (Å²) >= 11 is 0. The molecule has 3 heteroatoms. The number of morpholine rings is 1. The van der Waals surface area contributed by atoms with E-state index in [0.29, 0.717) is 19.1 Å². The number of carbonyl (C=O) groups is 1. The number of hydrogen-bond donors (Lipinski definition) is 0. The van der Waals surface area contributed by atoms with Crippen molar-refractivity contribution < 1.29 is 9.53 Å². The largest absolute Gasteiger partial charge is 0.378 e. The molecule has 13 heavy (non-hydrogen) atoms. The number of nitrogens with zero attached hydrogens (tertiary/aromatic N) is 1. The Kier molecular flexibility index (Phi) is 4.22. The van der Waals surface area contributed by atoms with Crippen LogP contribution in [0.4, 0.5) is 0 Å². The van der Waals surface area contributed by atoms with Crippen LogP contribution in [0.25, 0.3) is 0 Å². The summed E-state index contributed by atoms with van der Waals surface area (Å²) in [6.07, 6.45) is 2.08. The van der Waals surface area contributed by atoms with Gasteiger partial charge in [0, 0.05) is 19.0 Å². The van der Waals surface area contributed by atoms with Crippen molar-refractivity contribution in [2.45, 2.75) is 26.7 Å². The molecule has 1 amide bonds. The van der Waals surface area contributed by atoms with Crippen molar-refractivity contribution >= 4 is 5.91 Å². The van der Waals surface area contributed by atoms with E-state index in [4.69, 9.17) is 4.74 Å². The van der Waals surface area contributed by atoms with E-state index in [1.807, 2.05) is 11.8 Å². The lowest BCUT2D eigenvalue weighted by Crippen LogP contribution is -2.43. The van der Waals surface area contributed by atoms with E-state index in [0.717, 1.165) is 25.9 Å². The zero-order valence-corrected chi connectivity index (χ0v) is 8.58. The summed E-state index contributed by atoms with van der Waals surface area (Å²) in [5, 5.41) is 0. The first-order valence-corrected chi connectivity index (χ1v) is 5.12. The molecule has 1 atom stereocenters. The normalized spacial score (nSPS) is 20.0. The minimum absolute atomic E-state index is 0.183. The molecule has 0 radical (unpaired) electrons. The maximum atomic E-state index is 11.8. The Hall–Kier alpha value is -0.570. The SMILES string of the molecule is CCCC(C)C(=O)N1CCOCC1. The summed E-state index contributed by atoms with van der Waals surface area (Å²) in [5.74, 6) is 0.480. The van der Waals surface area contributed by atoms with Gasteiger partial charge in [-0.3, -0.25) is 4.79 Å². The Bertz CT molecular complexity index is 164. The molecule has 1 aliphatic heterocycles. The van der Waals surface area contributed by atoms with Crippen molar-refractivity contribution in [3.05, 3.63) is 0 Å². The van der Waals surface area contributed by atoms with Gasteiger partial charge in [-0.1, -0.05) is 20.3 Å². The molecule has 0 aromatic carbocycles. The molecular formula is C10H19NO2. The fraction of sp³-hybridized carbons (Fsp3) is 0.900. The molecule has 1 heterocycles. The van der Waals surface area contributed by atoms with E-state index in [-0.39, 0.29) is 5.92 Å². The predicted molar refractivity (Wildman–Crippen MR) is 51.5 cm³/mol. The van der Waals surface area contributed by atoms with E-state index >= 15 is 0 Å². The molecule has 1 fully saturated rings. The molecule has 0 bridgehead atoms. The molecular weight excluding hydrogens is 166 g/mol. The summed E-state index contributed by atoms with van der Waals surface area (Å²) in [7, 11) is 0. The lowest BCUT2D eigenvalue weighted by molar-refractivity contribution is -0.139. The second-order valence-electron chi connectivity index (χ2n) is 3.63. The van der Waals surface area contributed by atoms with Gasteiger partial charge in [-0.05, 0) is 6.42 Å². The minimum Gasteiger partial charge on any atom is -0.378 e. The van der Waals surface area contributed by atoms with Crippen molar-refractivity contribution in [3.8, 4) is 0 Å². The van der Waals surface area contributed by atoms with Crippen molar-refractivity contribution in [1.82, 2.24) is 4.90 Å². The Morgan fingerprint density at radius 2 is 2.08 bits per heavy atom. The highest BCUT2D eigenvalue weighted by molar-refractivity contribution is 5.78. The fourth-order valence-electron chi connectivity index (χ4n) is 1.65. The van der Waals surface area contributed by atoms with Crippen LogP contribution in [-0.2, 0) is 9.53 Å². The average Bonchev–Trinajstić information content (AvgIpc) is 2.18. The summed E-state index contributed by atoms with van der Waals surface area (Å²) in [5.41, 5.74) is 0. The van der Waals surface area contributed by atoms with Gasteiger partial charge in [0.15, 0.2) is 0 Å². The minimum atomic E-state index is 0.183. The van der Waals surface area contributed by atoms with Crippen LogP contribution in [0.1, 0.15) is 26.7 Å². The molecule has 0 spiro atoms. The molecule has 1 unspecified atom stereocenters. The van der Waals surface area contributed by atoms with Gasteiger partial charge in [0.2, 0.25) is 5.91 Å². The highest BCUT2D eigenvalue weighted by atomic mass is 16.5. The second-order valence-corrected chi connectivity index (χ2v) is 3.63. The zero-order valence-electron chi connectivity index (χ0n) is 8.58. The number of hydrogen-bond acceptors (Lipinski definition) is 2. The fourth-order valence-corrected chi connectivity index (χ4v) is 1.65. The first-order chi connectivity index (χ1) is 6.25. The summed E-state index contributed by atoms with van der Waals surface area (Å²) in [6.45, 7) is 7.07. The third-order valence-corrected chi connectivity index (χ3v) is 2.47. The van der Waals surface area contributed by atoms with Crippen LogP contribution in [0.3, 0.4) is 0 Å². The third-order valence-electron chi connectivity index (χ3n) is 2.47. The topological polar surface area (TPSA) is 29.5 Å². The van der Waals surface area contributed by atoms with Gasteiger partial charge in [-0.15, -0.1) is 0 Å². The number of rotatable bonds is 3. The van der Waals surface area contributed by atoms with Gasteiger partial charge in [-0.2, -0.15) is 0 Å². The number of ether oxygens (including phenoxy) is 1. The van der Waals surface area contributed by atoms with Gasteiger partial charge in [0.25, 0.3) is 0 Å². The zero-order chi connectivity index (χ0) is 9.68. The summed E-state index contributed by atoms with van der Waals surface area (Å²) in [4.78, 5) is 13.7. The van der Waals surface area contributed by atoms with Crippen molar-refractivity contribution in [2.24, 2.45) is 5.92 Å². The quantitative estimate of drug-likeness (QED) is 0.663. The standard InChI is InChI=1S/C10H19NO2/c1-3-4-9(2)10(12)11-5-7-13-8-6-11/h9H,3-8H2,1-2H3. The molecule has 76 valence electrons. The molecule has 0 aliphatic carbocycles. The Labute approximate surface area is 80.1 Å². The molecule has 1 saturated heterocycles. The van der Waals surface area contributed by atoms with E-state index < -0.39 is 0 Å². The van der Waals surface area contributed by atoms with Crippen molar-refractivity contribution in [2.75, 3.05) is 26.3 Å². The molecule has 3 nitrogen and oxygen atoms in total. The predicted octanol–water partition coefficient (Wildman–Crippen LogP) is 1.28. The van der Waals surface area contributed by atoms with Crippen LogP contribution >= 0.6 is 0 Å². The smallest absolute Gasteiger partial charge is 0.225 e. The molecule has 1 aliphatic rings. The monoisotopic (exact) mass is 185 g/mol. The third kappa shape index (κ3) is 2.99. The second kappa shape index (κ2) is 5.22. The van der Waals surface area contributed by atoms with Crippen LogP contribution < -0.4 is 0 Å². The highest BCUT2D eigenvalue weighted by Gasteiger charge is 2.21. The lowest BCUT2D eigenvalue weighted by Gasteiger charge is -2.29. The van der Waals surface area contributed by atoms with Crippen LogP contribution in [0, 0.1) is 5.92 Å². The van der Waals surface area contributed by atoms with Crippen LogP contribution in [0.5, 0.6) is 0 Å². The van der Waals surface area contributed by atoms with Crippen LogP contribution in [0.15, 0.2) is 0 Å². The van der Waals surface area contributed by atoms with Crippen molar-refractivity contribution in [3.63, 3.8) is 0 Å². The highest BCUT2D eigenvalue weighted by Crippen LogP contribution is 2.10. The first-order valence-electron chi connectivity index (χ1n) is 5.12. The maximum absolute atomic E-state index is 11.8. The van der Waals surface area contributed by atoms with Gasteiger partial charge >= 0.3 is 0 Å². The average molecular weight is 185 g/mol. The molecule has 0 N–H and O–H groups in total. The van der Waals surface area contributed by atoms with Gasteiger partial charge in [0.1, 0.15) is 0 Å². The van der Waals surface area contributed by atoms with E-state index in [1.54, 1.807) is 0 Å². The van der Waals surface area contributed by atoms with Crippen molar-refractivity contribution in [1.29, 1.82) is 0 Å².